The van der Waals surface area contributed by atoms with E-state index in [1.807, 2.05) is 19.9 Å². The summed E-state index contributed by atoms with van der Waals surface area (Å²) in [4.78, 5) is 18.7. The largest absolute Gasteiger partial charge is 0.436 e. The van der Waals surface area contributed by atoms with Crippen LogP contribution in [0.5, 0.6) is 0 Å². The van der Waals surface area contributed by atoms with Gasteiger partial charge in [-0.3, -0.25) is 4.79 Å². The fourth-order valence-electron chi connectivity index (χ4n) is 2.72. The van der Waals surface area contributed by atoms with Crippen LogP contribution < -0.4 is 0 Å². The number of oxazole rings is 1. The Morgan fingerprint density at radius 1 is 1.04 bits per heavy atom. The highest BCUT2D eigenvalue weighted by Crippen LogP contribution is 2.30. The molecule has 4 nitrogen and oxygen atoms in total. The van der Waals surface area contributed by atoms with Gasteiger partial charge in [0.1, 0.15) is 5.82 Å². The highest BCUT2D eigenvalue weighted by atomic mass is 19.1. The van der Waals surface area contributed by atoms with E-state index in [2.05, 4.69) is 4.98 Å². The number of benzene rings is 2. The molecule has 0 radical (unpaired) electrons. The van der Waals surface area contributed by atoms with E-state index < -0.39 is 0 Å². The van der Waals surface area contributed by atoms with Gasteiger partial charge in [-0.15, -0.1) is 0 Å². The molecule has 0 spiro atoms. The van der Waals surface area contributed by atoms with E-state index in [4.69, 9.17) is 4.42 Å². The molecule has 1 aromatic heterocycles. The molecule has 0 aliphatic heterocycles. The molecule has 0 atom stereocenters. The Kier molecular flexibility index (Phi) is 4.93. The number of nitrogens with zero attached hydrogens (tertiary/aromatic N) is 2. The van der Waals surface area contributed by atoms with Crippen molar-refractivity contribution in [2.24, 2.45) is 0 Å². The van der Waals surface area contributed by atoms with Crippen molar-refractivity contribution in [1.82, 2.24) is 9.88 Å². The maximum absolute atomic E-state index is 13.9. The SMILES string of the molecule is CCN(CC)C(=O)c1ccccc1-c1ncc(-c2ccccc2F)o1. The van der Waals surface area contributed by atoms with Crippen LogP contribution in [-0.2, 0) is 0 Å². The van der Waals surface area contributed by atoms with Gasteiger partial charge in [-0.05, 0) is 38.1 Å². The van der Waals surface area contributed by atoms with E-state index in [-0.39, 0.29) is 11.7 Å². The van der Waals surface area contributed by atoms with Crippen LogP contribution in [0.3, 0.4) is 0 Å². The zero-order valence-corrected chi connectivity index (χ0v) is 14.2. The van der Waals surface area contributed by atoms with Crippen molar-refractivity contribution in [2.75, 3.05) is 13.1 Å². The lowest BCUT2D eigenvalue weighted by Gasteiger charge is -2.19. The summed E-state index contributed by atoms with van der Waals surface area (Å²) in [7, 11) is 0. The molecule has 0 aliphatic rings. The summed E-state index contributed by atoms with van der Waals surface area (Å²) in [6, 6.07) is 13.5. The lowest BCUT2D eigenvalue weighted by molar-refractivity contribution is 0.0773. The van der Waals surface area contributed by atoms with Gasteiger partial charge in [-0.1, -0.05) is 24.3 Å². The van der Waals surface area contributed by atoms with Gasteiger partial charge in [0.2, 0.25) is 5.89 Å². The summed E-state index contributed by atoms with van der Waals surface area (Å²) >= 11 is 0. The Labute approximate surface area is 145 Å². The van der Waals surface area contributed by atoms with Gasteiger partial charge in [-0.25, -0.2) is 9.37 Å². The second-order valence-electron chi connectivity index (χ2n) is 5.53. The van der Waals surface area contributed by atoms with Gasteiger partial charge in [0.25, 0.3) is 5.91 Å². The number of hydrogen-bond acceptors (Lipinski definition) is 3. The van der Waals surface area contributed by atoms with Crippen molar-refractivity contribution >= 4 is 5.91 Å². The maximum atomic E-state index is 13.9. The van der Waals surface area contributed by atoms with Gasteiger partial charge in [0, 0.05) is 18.7 Å². The van der Waals surface area contributed by atoms with Gasteiger partial charge in [0.15, 0.2) is 5.76 Å². The Morgan fingerprint density at radius 2 is 1.68 bits per heavy atom. The first kappa shape index (κ1) is 16.9. The monoisotopic (exact) mass is 338 g/mol. The molecule has 3 aromatic rings. The van der Waals surface area contributed by atoms with Crippen molar-refractivity contribution in [3.05, 3.63) is 66.1 Å². The summed E-state index contributed by atoms with van der Waals surface area (Å²) in [5, 5.41) is 0. The average Bonchev–Trinajstić information content (AvgIpc) is 3.12. The minimum absolute atomic E-state index is 0.0776. The standard InChI is InChI=1S/C20H19FN2O2/c1-3-23(4-2)20(24)15-10-6-5-9-14(15)19-22-13-18(25-19)16-11-7-8-12-17(16)21/h5-13H,3-4H2,1-2H3. The van der Waals surface area contributed by atoms with E-state index in [9.17, 15) is 9.18 Å². The van der Waals surface area contributed by atoms with Crippen LogP contribution in [-0.4, -0.2) is 28.9 Å². The average molecular weight is 338 g/mol. The number of carbonyl (C=O) groups excluding carboxylic acids is 1. The van der Waals surface area contributed by atoms with Gasteiger partial charge < -0.3 is 9.32 Å². The molecule has 0 saturated carbocycles. The van der Waals surface area contributed by atoms with E-state index in [1.165, 1.54) is 12.3 Å². The minimum Gasteiger partial charge on any atom is -0.436 e. The third kappa shape index (κ3) is 3.31. The molecular formula is C20H19FN2O2. The molecule has 5 heteroatoms. The zero-order valence-electron chi connectivity index (χ0n) is 14.2. The Morgan fingerprint density at radius 3 is 2.36 bits per heavy atom. The predicted octanol–water partition coefficient (Wildman–Crippen LogP) is 4.63. The van der Waals surface area contributed by atoms with Crippen molar-refractivity contribution in [2.45, 2.75) is 13.8 Å². The van der Waals surface area contributed by atoms with Crippen LogP contribution in [0.15, 0.2) is 59.1 Å². The molecule has 1 heterocycles. The van der Waals surface area contributed by atoms with Crippen LogP contribution in [0.25, 0.3) is 22.8 Å². The van der Waals surface area contributed by atoms with Crippen LogP contribution in [0.4, 0.5) is 4.39 Å². The van der Waals surface area contributed by atoms with Gasteiger partial charge in [0.05, 0.1) is 17.3 Å². The molecular weight excluding hydrogens is 319 g/mol. The summed E-state index contributed by atoms with van der Waals surface area (Å²) in [6.07, 6.45) is 1.48. The van der Waals surface area contributed by atoms with E-state index in [1.54, 1.807) is 41.3 Å². The van der Waals surface area contributed by atoms with Crippen molar-refractivity contribution in [1.29, 1.82) is 0 Å². The quantitative estimate of drug-likeness (QED) is 0.681. The predicted molar refractivity (Wildman–Crippen MR) is 94.6 cm³/mol. The smallest absolute Gasteiger partial charge is 0.254 e. The molecule has 0 saturated heterocycles. The number of amides is 1. The molecule has 128 valence electrons. The topological polar surface area (TPSA) is 46.3 Å². The molecule has 0 fully saturated rings. The van der Waals surface area contributed by atoms with Gasteiger partial charge >= 0.3 is 0 Å². The Hall–Kier alpha value is -2.95. The molecule has 0 N–H and O–H groups in total. The van der Waals surface area contributed by atoms with E-state index in [0.717, 1.165) is 0 Å². The highest BCUT2D eigenvalue weighted by molar-refractivity contribution is 6.00. The lowest BCUT2D eigenvalue weighted by Crippen LogP contribution is -2.30. The number of halogens is 1. The molecule has 0 unspecified atom stereocenters. The molecule has 0 bridgehead atoms. The third-order valence-electron chi connectivity index (χ3n) is 4.08. The molecule has 25 heavy (non-hydrogen) atoms. The van der Waals surface area contributed by atoms with Crippen molar-refractivity contribution in [3.63, 3.8) is 0 Å². The lowest BCUT2D eigenvalue weighted by atomic mass is 10.1. The zero-order chi connectivity index (χ0) is 17.8. The Balaban J connectivity index is 2.02. The normalized spacial score (nSPS) is 10.7. The molecule has 0 aliphatic carbocycles. The van der Waals surface area contributed by atoms with Crippen molar-refractivity contribution < 1.29 is 13.6 Å². The molecule has 1 amide bonds. The van der Waals surface area contributed by atoms with Crippen molar-refractivity contribution in [3.8, 4) is 22.8 Å². The molecule has 3 rings (SSSR count). The summed E-state index contributed by atoms with van der Waals surface area (Å²) in [5.41, 5.74) is 1.46. The Bertz CT molecular complexity index is 885. The number of aromatic nitrogens is 1. The fraction of sp³-hybridized carbons (Fsp3) is 0.200. The second-order valence-corrected chi connectivity index (χ2v) is 5.53. The number of carbonyl (C=O) groups is 1. The van der Waals surface area contributed by atoms with Crippen LogP contribution in [0.1, 0.15) is 24.2 Å². The molecule has 2 aromatic carbocycles. The summed E-state index contributed by atoms with van der Waals surface area (Å²) < 4.78 is 19.7. The van der Waals surface area contributed by atoms with Gasteiger partial charge in [-0.2, -0.15) is 0 Å². The summed E-state index contributed by atoms with van der Waals surface area (Å²) in [5.74, 6) is 0.177. The van der Waals surface area contributed by atoms with Crippen LogP contribution in [0.2, 0.25) is 0 Å². The maximum Gasteiger partial charge on any atom is 0.254 e. The number of rotatable bonds is 5. The first-order valence-corrected chi connectivity index (χ1v) is 8.25. The second kappa shape index (κ2) is 7.30. The van der Waals surface area contributed by atoms with E-state index >= 15 is 0 Å². The number of hydrogen-bond donors (Lipinski definition) is 0. The first-order chi connectivity index (χ1) is 12.2. The third-order valence-corrected chi connectivity index (χ3v) is 4.08. The van der Waals surface area contributed by atoms with Crippen LogP contribution >= 0.6 is 0 Å². The fourth-order valence-corrected chi connectivity index (χ4v) is 2.72. The van der Waals surface area contributed by atoms with Crippen LogP contribution in [0, 0.1) is 5.82 Å². The minimum atomic E-state index is -0.377. The highest BCUT2D eigenvalue weighted by Gasteiger charge is 2.20. The summed E-state index contributed by atoms with van der Waals surface area (Å²) in [6.45, 7) is 5.11. The van der Waals surface area contributed by atoms with E-state index in [0.29, 0.717) is 41.4 Å². The first-order valence-electron chi connectivity index (χ1n) is 8.25.